The third-order valence-corrected chi connectivity index (χ3v) is 3.67. The van der Waals surface area contributed by atoms with E-state index in [2.05, 4.69) is 21.9 Å². The summed E-state index contributed by atoms with van der Waals surface area (Å²) in [6.45, 7) is 6.44. The smallest absolute Gasteiger partial charge is 0.319 e. The maximum atomic E-state index is 11.6. The number of esters is 1. The van der Waals surface area contributed by atoms with E-state index in [1.165, 1.54) is 12.7 Å². The van der Waals surface area contributed by atoms with E-state index in [-0.39, 0.29) is 5.97 Å². The molecule has 21 heavy (non-hydrogen) atoms. The minimum absolute atomic E-state index is 0.187. The van der Waals surface area contributed by atoms with Crippen molar-refractivity contribution in [1.82, 2.24) is 9.80 Å². The van der Waals surface area contributed by atoms with Crippen molar-refractivity contribution in [3.8, 4) is 0 Å². The molecule has 1 aromatic rings. The summed E-state index contributed by atoms with van der Waals surface area (Å²) in [5.74, 6) is -0.187. The molecule has 0 amide bonds. The van der Waals surface area contributed by atoms with Crippen LogP contribution in [0.3, 0.4) is 0 Å². The first kappa shape index (κ1) is 15.9. The molecule has 0 N–H and O–H groups in total. The van der Waals surface area contributed by atoms with E-state index in [1.54, 1.807) is 0 Å². The zero-order valence-electron chi connectivity index (χ0n) is 12.7. The van der Waals surface area contributed by atoms with Crippen LogP contribution in [0.2, 0.25) is 0 Å². The molecule has 0 saturated carbocycles. The Morgan fingerprint density at radius 1 is 1.29 bits per heavy atom. The topological polar surface area (TPSA) is 42.0 Å². The highest BCUT2D eigenvalue weighted by atomic mass is 16.5. The van der Waals surface area contributed by atoms with Crippen LogP contribution in [0, 0.1) is 0 Å². The Kier molecular flexibility index (Phi) is 6.66. The second kappa shape index (κ2) is 8.77. The number of hydrogen-bond donors (Lipinski definition) is 0. The average molecular weight is 292 g/mol. The quantitative estimate of drug-likeness (QED) is 0.701. The number of methoxy groups -OCH3 is 1. The van der Waals surface area contributed by atoms with Gasteiger partial charge in [-0.05, 0) is 5.56 Å². The highest BCUT2D eigenvalue weighted by Crippen LogP contribution is 2.05. The first-order chi connectivity index (χ1) is 10.3. The maximum absolute atomic E-state index is 11.6. The lowest BCUT2D eigenvalue weighted by molar-refractivity contribution is -0.142. The van der Waals surface area contributed by atoms with E-state index in [4.69, 9.17) is 9.47 Å². The summed E-state index contributed by atoms with van der Waals surface area (Å²) in [7, 11) is 1.44. The number of rotatable bonds is 7. The van der Waals surface area contributed by atoms with Crippen LogP contribution in [0.4, 0.5) is 0 Å². The Labute approximate surface area is 126 Å². The molecule has 5 nitrogen and oxygen atoms in total. The van der Waals surface area contributed by atoms with Crippen molar-refractivity contribution in [2.24, 2.45) is 0 Å². The zero-order chi connectivity index (χ0) is 14.9. The molecule has 1 saturated heterocycles. The third-order valence-electron chi connectivity index (χ3n) is 3.67. The predicted molar refractivity (Wildman–Crippen MR) is 81.0 cm³/mol. The van der Waals surface area contributed by atoms with Gasteiger partial charge in [0, 0.05) is 32.7 Å². The van der Waals surface area contributed by atoms with Crippen LogP contribution in [0.15, 0.2) is 30.3 Å². The molecular formula is C16H24N2O3. The highest BCUT2D eigenvalue weighted by Gasteiger charge is 2.15. The fourth-order valence-corrected chi connectivity index (χ4v) is 2.41. The van der Waals surface area contributed by atoms with Gasteiger partial charge in [0.2, 0.25) is 0 Å². The van der Waals surface area contributed by atoms with Gasteiger partial charge >= 0.3 is 5.97 Å². The SMILES string of the molecule is COC(=O)CN(CCN1CCOCC1)Cc1ccccc1. The average Bonchev–Trinajstić information content (AvgIpc) is 2.54. The van der Waals surface area contributed by atoms with Gasteiger partial charge in [0.1, 0.15) is 0 Å². The fraction of sp³-hybridized carbons (Fsp3) is 0.562. The molecule has 5 heteroatoms. The highest BCUT2D eigenvalue weighted by molar-refractivity contribution is 5.71. The van der Waals surface area contributed by atoms with Crippen LogP contribution < -0.4 is 0 Å². The van der Waals surface area contributed by atoms with E-state index in [0.717, 1.165) is 45.9 Å². The van der Waals surface area contributed by atoms with Gasteiger partial charge in [0.05, 0.1) is 26.9 Å². The number of carbonyl (C=O) groups is 1. The summed E-state index contributed by atoms with van der Waals surface area (Å²) in [6.07, 6.45) is 0. The largest absolute Gasteiger partial charge is 0.468 e. The summed E-state index contributed by atoms with van der Waals surface area (Å²) >= 11 is 0. The number of nitrogens with zero attached hydrogens (tertiary/aromatic N) is 2. The Bertz CT molecular complexity index is 419. The molecule has 1 aliphatic rings. The molecule has 0 radical (unpaired) electrons. The Balaban J connectivity index is 1.86. The van der Waals surface area contributed by atoms with E-state index in [9.17, 15) is 4.79 Å². The second-order valence-corrected chi connectivity index (χ2v) is 5.23. The Morgan fingerprint density at radius 3 is 2.67 bits per heavy atom. The summed E-state index contributed by atoms with van der Waals surface area (Å²) < 4.78 is 10.2. The van der Waals surface area contributed by atoms with Gasteiger partial charge in [0.15, 0.2) is 0 Å². The number of morpholine rings is 1. The molecular weight excluding hydrogens is 268 g/mol. The maximum Gasteiger partial charge on any atom is 0.319 e. The lowest BCUT2D eigenvalue weighted by Gasteiger charge is -2.29. The zero-order valence-corrected chi connectivity index (χ0v) is 12.7. The third kappa shape index (κ3) is 5.83. The summed E-state index contributed by atoms with van der Waals surface area (Å²) in [4.78, 5) is 16.1. The van der Waals surface area contributed by atoms with Crippen LogP contribution in [0.25, 0.3) is 0 Å². The van der Waals surface area contributed by atoms with Crippen molar-refractivity contribution < 1.29 is 14.3 Å². The van der Waals surface area contributed by atoms with Crippen molar-refractivity contribution >= 4 is 5.97 Å². The van der Waals surface area contributed by atoms with Crippen LogP contribution >= 0.6 is 0 Å². The van der Waals surface area contributed by atoms with Crippen molar-refractivity contribution in [3.63, 3.8) is 0 Å². The minimum Gasteiger partial charge on any atom is -0.468 e. The predicted octanol–water partition coefficient (Wildman–Crippen LogP) is 0.994. The van der Waals surface area contributed by atoms with Crippen LogP contribution in [-0.2, 0) is 20.8 Å². The summed E-state index contributed by atoms with van der Waals surface area (Å²) in [6, 6.07) is 10.2. The fourth-order valence-electron chi connectivity index (χ4n) is 2.41. The lowest BCUT2D eigenvalue weighted by atomic mass is 10.2. The first-order valence-electron chi connectivity index (χ1n) is 7.41. The minimum atomic E-state index is -0.187. The normalized spacial score (nSPS) is 16.1. The Morgan fingerprint density at radius 2 is 2.00 bits per heavy atom. The molecule has 0 aliphatic carbocycles. The van der Waals surface area contributed by atoms with Gasteiger partial charge in [-0.2, -0.15) is 0 Å². The van der Waals surface area contributed by atoms with Crippen molar-refractivity contribution in [2.45, 2.75) is 6.54 Å². The molecule has 0 aromatic heterocycles. The molecule has 2 rings (SSSR count). The Hall–Kier alpha value is -1.43. The molecule has 1 aromatic carbocycles. The van der Waals surface area contributed by atoms with Crippen LogP contribution in [-0.4, -0.2) is 68.8 Å². The molecule has 1 aliphatic heterocycles. The van der Waals surface area contributed by atoms with Gasteiger partial charge in [-0.25, -0.2) is 0 Å². The van der Waals surface area contributed by atoms with E-state index in [0.29, 0.717) is 6.54 Å². The lowest BCUT2D eigenvalue weighted by Crippen LogP contribution is -2.42. The van der Waals surface area contributed by atoms with E-state index in [1.807, 2.05) is 18.2 Å². The molecule has 0 spiro atoms. The number of benzene rings is 1. The second-order valence-electron chi connectivity index (χ2n) is 5.23. The number of hydrogen-bond acceptors (Lipinski definition) is 5. The first-order valence-corrected chi connectivity index (χ1v) is 7.41. The summed E-state index contributed by atoms with van der Waals surface area (Å²) in [5.41, 5.74) is 1.21. The van der Waals surface area contributed by atoms with Crippen molar-refractivity contribution in [1.29, 1.82) is 0 Å². The molecule has 0 bridgehead atoms. The molecule has 1 fully saturated rings. The van der Waals surface area contributed by atoms with Gasteiger partial charge in [0.25, 0.3) is 0 Å². The van der Waals surface area contributed by atoms with E-state index < -0.39 is 0 Å². The molecule has 0 unspecified atom stereocenters. The van der Waals surface area contributed by atoms with E-state index >= 15 is 0 Å². The number of ether oxygens (including phenoxy) is 2. The monoisotopic (exact) mass is 292 g/mol. The van der Waals surface area contributed by atoms with Gasteiger partial charge in [-0.3, -0.25) is 14.6 Å². The van der Waals surface area contributed by atoms with Crippen LogP contribution in [0.1, 0.15) is 5.56 Å². The van der Waals surface area contributed by atoms with Crippen molar-refractivity contribution in [2.75, 3.05) is 53.0 Å². The molecule has 0 atom stereocenters. The van der Waals surface area contributed by atoms with Gasteiger partial charge in [-0.15, -0.1) is 0 Å². The standard InChI is InChI=1S/C16H24N2O3/c1-20-16(19)14-18(13-15-5-3-2-4-6-15)8-7-17-9-11-21-12-10-17/h2-6H,7-14H2,1H3. The number of carbonyl (C=O) groups excluding carboxylic acids is 1. The molecule has 1 heterocycles. The van der Waals surface area contributed by atoms with Crippen LogP contribution in [0.5, 0.6) is 0 Å². The summed E-state index contributed by atoms with van der Waals surface area (Å²) in [5, 5.41) is 0. The van der Waals surface area contributed by atoms with Gasteiger partial charge in [-0.1, -0.05) is 30.3 Å². The molecule has 116 valence electrons. The van der Waals surface area contributed by atoms with Crippen molar-refractivity contribution in [3.05, 3.63) is 35.9 Å². The van der Waals surface area contributed by atoms with Gasteiger partial charge < -0.3 is 9.47 Å².